The minimum absolute atomic E-state index is 0.00407. The number of nitrogens with two attached hydrogens (primary N) is 1. The van der Waals surface area contributed by atoms with Crippen molar-refractivity contribution in [3.05, 3.63) is 32.5 Å². The lowest BCUT2D eigenvalue weighted by Gasteiger charge is -2.04. The van der Waals surface area contributed by atoms with E-state index in [1.807, 2.05) is 6.07 Å². The highest BCUT2D eigenvalue weighted by molar-refractivity contribution is 5.78. The number of aromatic nitrogens is 3. The van der Waals surface area contributed by atoms with Gasteiger partial charge < -0.3 is 5.73 Å². The van der Waals surface area contributed by atoms with Crippen molar-refractivity contribution in [2.45, 2.75) is 0 Å². The van der Waals surface area contributed by atoms with Crippen molar-refractivity contribution in [1.82, 2.24) is 14.5 Å². The van der Waals surface area contributed by atoms with E-state index in [1.165, 1.54) is 13.1 Å². The average Bonchev–Trinajstić information content (AvgIpc) is 2.25. The van der Waals surface area contributed by atoms with Gasteiger partial charge in [0.1, 0.15) is 11.9 Å². The summed E-state index contributed by atoms with van der Waals surface area (Å²) >= 11 is 0. The number of fused-ring (bicyclic) bond motifs is 1. The molecule has 0 aliphatic carbocycles. The van der Waals surface area contributed by atoms with Crippen molar-refractivity contribution >= 4 is 16.9 Å². The molecule has 0 saturated heterocycles. The van der Waals surface area contributed by atoms with Crippen LogP contribution >= 0.6 is 0 Å². The molecule has 0 bridgehead atoms. The van der Waals surface area contributed by atoms with Gasteiger partial charge in [0.2, 0.25) is 0 Å². The number of nitrogens with one attached hydrogen (secondary N) is 1. The molecular formula is C9H7N5O2. The van der Waals surface area contributed by atoms with E-state index < -0.39 is 11.2 Å². The van der Waals surface area contributed by atoms with Crippen LogP contribution in [-0.2, 0) is 7.05 Å². The van der Waals surface area contributed by atoms with Gasteiger partial charge in [0.25, 0.3) is 5.56 Å². The Labute approximate surface area is 88.8 Å². The van der Waals surface area contributed by atoms with E-state index in [-0.39, 0.29) is 22.4 Å². The van der Waals surface area contributed by atoms with Gasteiger partial charge >= 0.3 is 5.69 Å². The summed E-state index contributed by atoms with van der Waals surface area (Å²) in [5.41, 5.74) is 4.61. The van der Waals surface area contributed by atoms with Crippen LogP contribution in [-0.4, -0.2) is 14.5 Å². The highest BCUT2D eigenvalue weighted by atomic mass is 16.2. The molecule has 0 fully saturated rings. The topological polar surface area (TPSA) is 118 Å². The summed E-state index contributed by atoms with van der Waals surface area (Å²) in [5, 5.41) is 8.90. The molecule has 0 radical (unpaired) electrons. The number of nitrogens with zero attached hydrogens (tertiary/aromatic N) is 3. The molecule has 0 atom stereocenters. The van der Waals surface area contributed by atoms with Gasteiger partial charge in [-0.3, -0.25) is 14.3 Å². The second-order valence-corrected chi connectivity index (χ2v) is 3.22. The largest absolute Gasteiger partial charge is 0.383 e. The maximum Gasteiger partial charge on any atom is 0.329 e. The maximum absolute atomic E-state index is 11.5. The highest BCUT2D eigenvalue weighted by Gasteiger charge is 2.09. The first-order valence-corrected chi connectivity index (χ1v) is 4.34. The number of nitrogen functional groups attached to an aromatic ring is 1. The van der Waals surface area contributed by atoms with Crippen LogP contribution in [0.25, 0.3) is 11.0 Å². The second kappa shape index (κ2) is 3.20. The van der Waals surface area contributed by atoms with Gasteiger partial charge in [-0.05, 0) is 6.07 Å². The highest BCUT2D eigenvalue weighted by Crippen LogP contribution is 2.12. The predicted molar refractivity (Wildman–Crippen MR) is 56.7 cm³/mol. The number of rotatable bonds is 0. The van der Waals surface area contributed by atoms with Crippen molar-refractivity contribution in [3.8, 4) is 6.07 Å². The van der Waals surface area contributed by atoms with E-state index in [2.05, 4.69) is 9.97 Å². The van der Waals surface area contributed by atoms with E-state index in [0.29, 0.717) is 0 Å². The molecule has 0 amide bonds. The Balaban J connectivity index is 3.09. The smallest absolute Gasteiger partial charge is 0.329 e. The van der Waals surface area contributed by atoms with Crippen molar-refractivity contribution in [2.75, 3.05) is 5.73 Å². The zero-order valence-corrected chi connectivity index (χ0v) is 8.31. The Hall–Kier alpha value is -2.62. The lowest BCUT2D eigenvalue weighted by atomic mass is 10.2. The van der Waals surface area contributed by atoms with Crippen LogP contribution in [0.15, 0.2) is 15.7 Å². The second-order valence-electron chi connectivity index (χ2n) is 3.22. The first kappa shape index (κ1) is 9.92. The Morgan fingerprint density at radius 2 is 2.25 bits per heavy atom. The number of aromatic amines is 1. The Morgan fingerprint density at radius 3 is 2.88 bits per heavy atom. The van der Waals surface area contributed by atoms with Crippen LogP contribution in [0.5, 0.6) is 0 Å². The van der Waals surface area contributed by atoms with E-state index in [1.54, 1.807) is 0 Å². The summed E-state index contributed by atoms with van der Waals surface area (Å²) in [4.78, 5) is 28.7. The molecule has 16 heavy (non-hydrogen) atoms. The van der Waals surface area contributed by atoms with Crippen molar-refractivity contribution in [1.29, 1.82) is 5.26 Å². The van der Waals surface area contributed by atoms with Crippen LogP contribution in [0.3, 0.4) is 0 Å². The minimum atomic E-state index is -0.581. The monoisotopic (exact) mass is 217 g/mol. The van der Waals surface area contributed by atoms with Crippen LogP contribution in [0.4, 0.5) is 5.82 Å². The fourth-order valence-electron chi connectivity index (χ4n) is 1.37. The fourth-order valence-corrected chi connectivity index (χ4v) is 1.37. The lowest BCUT2D eigenvalue weighted by molar-refractivity contribution is 0.829. The first-order valence-electron chi connectivity index (χ1n) is 4.34. The lowest BCUT2D eigenvalue weighted by Crippen LogP contribution is -2.29. The zero-order chi connectivity index (χ0) is 11.9. The molecule has 2 heterocycles. The number of H-pyrrole nitrogens is 1. The molecule has 0 aliphatic rings. The van der Waals surface area contributed by atoms with Crippen LogP contribution in [0.2, 0.25) is 0 Å². The third-order valence-electron chi connectivity index (χ3n) is 2.24. The predicted octanol–water partition coefficient (Wildman–Crippen LogP) is -0.924. The van der Waals surface area contributed by atoms with E-state index in [0.717, 1.165) is 4.57 Å². The minimum Gasteiger partial charge on any atom is -0.383 e. The third kappa shape index (κ3) is 1.25. The van der Waals surface area contributed by atoms with Crippen molar-refractivity contribution in [3.63, 3.8) is 0 Å². The maximum atomic E-state index is 11.5. The van der Waals surface area contributed by atoms with Gasteiger partial charge in [-0.1, -0.05) is 0 Å². The van der Waals surface area contributed by atoms with E-state index in [4.69, 9.17) is 11.0 Å². The van der Waals surface area contributed by atoms with Crippen LogP contribution in [0.1, 0.15) is 5.56 Å². The molecule has 7 heteroatoms. The van der Waals surface area contributed by atoms with Crippen molar-refractivity contribution < 1.29 is 0 Å². The van der Waals surface area contributed by atoms with E-state index >= 15 is 0 Å². The Bertz CT molecular complexity index is 734. The molecule has 0 aromatic carbocycles. The quantitative estimate of drug-likeness (QED) is 0.591. The first-order chi connectivity index (χ1) is 7.54. The van der Waals surface area contributed by atoms with Gasteiger partial charge in [0, 0.05) is 7.05 Å². The van der Waals surface area contributed by atoms with Gasteiger partial charge in [-0.15, -0.1) is 0 Å². The fraction of sp³-hybridized carbons (Fsp3) is 0.111. The van der Waals surface area contributed by atoms with Gasteiger partial charge in [0.15, 0.2) is 5.65 Å². The summed E-state index contributed by atoms with van der Waals surface area (Å²) in [6.45, 7) is 0. The molecule has 0 spiro atoms. The standard InChI is InChI=1S/C9H7N5O2/c1-14-7-5(8(15)13-9(14)16)2-4(3-10)6(11)12-7/h2H,1H3,(H2,11,12)(H,13,15,16). The zero-order valence-electron chi connectivity index (χ0n) is 8.31. The number of pyridine rings is 1. The number of hydrogen-bond acceptors (Lipinski definition) is 5. The molecule has 3 N–H and O–H groups in total. The number of hydrogen-bond donors (Lipinski definition) is 2. The summed E-state index contributed by atoms with van der Waals surface area (Å²) in [5.74, 6) is -0.00407. The molecule has 0 saturated carbocycles. The summed E-state index contributed by atoms with van der Waals surface area (Å²) < 4.78 is 1.16. The molecular weight excluding hydrogens is 210 g/mol. The summed E-state index contributed by atoms with van der Waals surface area (Å²) in [6.07, 6.45) is 0. The molecule has 7 nitrogen and oxygen atoms in total. The van der Waals surface area contributed by atoms with Crippen LogP contribution < -0.4 is 17.0 Å². The van der Waals surface area contributed by atoms with Gasteiger partial charge in [-0.2, -0.15) is 5.26 Å². The Morgan fingerprint density at radius 1 is 1.56 bits per heavy atom. The number of anilines is 1. The molecule has 2 aromatic rings. The SMILES string of the molecule is Cn1c(=O)[nH]c(=O)c2cc(C#N)c(N)nc21. The summed E-state index contributed by atoms with van der Waals surface area (Å²) in [6, 6.07) is 3.14. The number of nitriles is 1. The van der Waals surface area contributed by atoms with Crippen LogP contribution in [0, 0.1) is 11.3 Å². The van der Waals surface area contributed by atoms with Crippen molar-refractivity contribution in [2.24, 2.45) is 7.05 Å². The molecule has 2 aromatic heterocycles. The van der Waals surface area contributed by atoms with Gasteiger partial charge in [0.05, 0.1) is 10.9 Å². The molecule has 0 unspecified atom stereocenters. The Kier molecular flexibility index (Phi) is 1.98. The molecule has 80 valence electrons. The van der Waals surface area contributed by atoms with Gasteiger partial charge in [-0.25, -0.2) is 9.78 Å². The van der Waals surface area contributed by atoms with E-state index in [9.17, 15) is 9.59 Å². The molecule has 2 rings (SSSR count). The molecule has 0 aliphatic heterocycles. The average molecular weight is 217 g/mol. The normalized spacial score (nSPS) is 10.2. The summed E-state index contributed by atoms with van der Waals surface area (Å²) in [7, 11) is 1.46. The number of aryl methyl sites for hydroxylation is 1. The third-order valence-corrected chi connectivity index (χ3v) is 2.24.